The van der Waals surface area contributed by atoms with E-state index in [-0.39, 0.29) is 11.3 Å². The number of fused-ring (bicyclic) bond motifs is 1. The molecule has 8 nitrogen and oxygen atoms in total. The first-order valence-electron chi connectivity index (χ1n) is 9.32. The summed E-state index contributed by atoms with van der Waals surface area (Å²) in [4.78, 5) is 19.7. The van der Waals surface area contributed by atoms with Gasteiger partial charge in [0.1, 0.15) is 0 Å². The summed E-state index contributed by atoms with van der Waals surface area (Å²) < 4.78 is 5.42. The molecular formula is C17H28N6O2S. The van der Waals surface area contributed by atoms with Crippen molar-refractivity contribution in [3.8, 4) is 0 Å². The molecule has 26 heavy (non-hydrogen) atoms. The number of anilines is 2. The van der Waals surface area contributed by atoms with Crippen LogP contribution >= 0.6 is 11.3 Å². The Balaban J connectivity index is 1.50. The molecule has 3 aliphatic rings. The topological polar surface area (TPSA) is 87.8 Å². The Bertz CT molecular complexity index is 661. The Kier molecular flexibility index (Phi) is 4.79. The van der Waals surface area contributed by atoms with Crippen LogP contribution in [0.1, 0.15) is 12.8 Å². The molecule has 3 aliphatic heterocycles. The number of hydrogen-bond acceptors (Lipinski definition) is 8. The number of nitrogens with zero attached hydrogens (tertiary/aromatic N) is 5. The fraction of sp³-hybridized carbons (Fsp3) is 0.824. The molecular weight excluding hydrogens is 352 g/mol. The Morgan fingerprint density at radius 1 is 1.31 bits per heavy atom. The van der Waals surface area contributed by atoms with Crippen LogP contribution in [-0.4, -0.2) is 85.9 Å². The van der Waals surface area contributed by atoms with E-state index in [0.29, 0.717) is 30.2 Å². The van der Waals surface area contributed by atoms with E-state index in [1.165, 1.54) is 11.3 Å². The van der Waals surface area contributed by atoms with Crippen LogP contribution in [0.25, 0.3) is 0 Å². The molecule has 1 aromatic heterocycles. The van der Waals surface area contributed by atoms with Gasteiger partial charge in [-0.25, -0.2) is 0 Å². The highest BCUT2D eigenvalue weighted by Gasteiger charge is 2.54. The molecule has 1 aromatic rings. The lowest BCUT2D eigenvalue weighted by Gasteiger charge is -2.33. The third-order valence-electron chi connectivity index (χ3n) is 5.97. The highest BCUT2D eigenvalue weighted by atomic mass is 32.1. The molecule has 0 aliphatic carbocycles. The molecule has 144 valence electrons. The number of carbonyl (C=O) groups is 1. The van der Waals surface area contributed by atoms with Crippen LogP contribution in [0, 0.1) is 17.3 Å². The first kappa shape index (κ1) is 17.9. The minimum atomic E-state index is 0.0881. The summed E-state index contributed by atoms with van der Waals surface area (Å²) in [7, 11) is 4.22. The predicted molar refractivity (Wildman–Crippen MR) is 101 cm³/mol. The van der Waals surface area contributed by atoms with E-state index >= 15 is 0 Å². The smallest absolute Gasteiger partial charge is 0.225 e. The van der Waals surface area contributed by atoms with Crippen molar-refractivity contribution in [2.45, 2.75) is 12.8 Å². The Morgan fingerprint density at radius 2 is 2.08 bits per heavy atom. The van der Waals surface area contributed by atoms with E-state index in [4.69, 9.17) is 10.5 Å². The maximum Gasteiger partial charge on any atom is 0.225 e. The zero-order valence-corrected chi connectivity index (χ0v) is 16.4. The molecule has 9 heteroatoms. The first-order chi connectivity index (χ1) is 12.5. The van der Waals surface area contributed by atoms with Crippen molar-refractivity contribution < 1.29 is 9.53 Å². The second-order valence-electron chi connectivity index (χ2n) is 8.21. The van der Waals surface area contributed by atoms with Crippen LogP contribution in [0.4, 0.5) is 10.3 Å². The van der Waals surface area contributed by atoms with Crippen LogP contribution in [0.5, 0.6) is 0 Å². The molecule has 0 unspecified atom stereocenters. The van der Waals surface area contributed by atoms with Crippen molar-refractivity contribution in [2.24, 2.45) is 17.3 Å². The normalized spacial score (nSPS) is 29.6. The monoisotopic (exact) mass is 380 g/mol. The van der Waals surface area contributed by atoms with E-state index in [1.807, 2.05) is 0 Å². The summed E-state index contributed by atoms with van der Waals surface area (Å²) in [6.07, 6.45) is 1.72. The summed E-state index contributed by atoms with van der Waals surface area (Å²) in [5.74, 6) is 0.921. The summed E-state index contributed by atoms with van der Waals surface area (Å²) in [6, 6.07) is 0. The second-order valence-corrected chi connectivity index (χ2v) is 9.19. The van der Waals surface area contributed by atoms with Crippen LogP contribution < -0.4 is 10.6 Å². The largest absolute Gasteiger partial charge is 0.381 e. The lowest BCUT2D eigenvalue weighted by molar-refractivity contribution is -0.138. The summed E-state index contributed by atoms with van der Waals surface area (Å²) in [5.41, 5.74) is 5.86. The SMILES string of the molecule is CN(C)C[C@@]12CN(C(=O)C3CCOCC3)C[C@@H]1CN(c1nnc(N)s1)C2. The molecule has 0 bridgehead atoms. The average Bonchev–Trinajstić information content (AvgIpc) is 3.26. The lowest BCUT2D eigenvalue weighted by atomic mass is 9.80. The van der Waals surface area contributed by atoms with Gasteiger partial charge in [-0.2, -0.15) is 0 Å². The molecule has 4 heterocycles. The molecule has 2 atom stereocenters. The number of rotatable bonds is 4. The quantitative estimate of drug-likeness (QED) is 0.807. The minimum absolute atomic E-state index is 0.0881. The summed E-state index contributed by atoms with van der Waals surface area (Å²) >= 11 is 1.44. The van der Waals surface area contributed by atoms with E-state index in [9.17, 15) is 4.79 Å². The van der Waals surface area contributed by atoms with Crippen molar-refractivity contribution >= 4 is 27.5 Å². The number of nitrogen functional groups attached to an aromatic ring is 1. The van der Waals surface area contributed by atoms with Gasteiger partial charge in [0.05, 0.1) is 0 Å². The predicted octanol–water partition coefficient (Wildman–Crippen LogP) is 0.373. The van der Waals surface area contributed by atoms with Crippen molar-refractivity contribution in [1.29, 1.82) is 0 Å². The standard InChI is InChI=1S/C17H28N6O2S/c1-21(2)9-17-10-22(14(24)12-3-5-25-6-4-12)7-13(17)8-23(11-17)16-20-19-15(18)26-16/h12-13H,3-11H2,1-2H3,(H2,18,19)/t13-,17+/m1/s1. The summed E-state index contributed by atoms with van der Waals surface area (Å²) in [6.45, 7) is 5.89. The number of ether oxygens (including phenoxy) is 1. The number of nitrogens with two attached hydrogens (primary N) is 1. The fourth-order valence-corrected chi connectivity index (χ4v) is 5.52. The number of aromatic nitrogens is 2. The molecule has 0 spiro atoms. The molecule has 0 saturated carbocycles. The fourth-order valence-electron chi connectivity index (χ4n) is 4.90. The number of carbonyl (C=O) groups excluding carboxylic acids is 1. The maximum atomic E-state index is 13.0. The zero-order chi connectivity index (χ0) is 18.3. The van der Waals surface area contributed by atoms with Crippen LogP contribution in [0.15, 0.2) is 0 Å². The van der Waals surface area contributed by atoms with Gasteiger partial charge in [0, 0.05) is 63.2 Å². The van der Waals surface area contributed by atoms with Gasteiger partial charge < -0.3 is 25.2 Å². The molecule has 2 N–H and O–H groups in total. The Hall–Kier alpha value is -1.45. The van der Waals surface area contributed by atoms with E-state index in [0.717, 1.165) is 50.7 Å². The molecule has 4 rings (SSSR count). The highest BCUT2D eigenvalue weighted by Crippen LogP contribution is 2.45. The van der Waals surface area contributed by atoms with E-state index in [2.05, 4.69) is 39.0 Å². The van der Waals surface area contributed by atoms with Crippen molar-refractivity contribution in [3.05, 3.63) is 0 Å². The van der Waals surface area contributed by atoms with Gasteiger partial charge in [-0.3, -0.25) is 4.79 Å². The zero-order valence-electron chi connectivity index (χ0n) is 15.6. The molecule has 0 aromatic carbocycles. The van der Waals surface area contributed by atoms with Gasteiger partial charge in [-0.05, 0) is 26.9 Å². The van der Waals surface area contributed by atoms with E-state index < -0.39 is 0 Å². The first-order valence-corrected chi connectivity index (χ1v) is 10.1. The van der Waals surface area contributed by atoms with Gasteiger partial charge in [0.2, 0.25) is 16.2 Å². The highest BCUT2D eigenvalue weighted by molar-refractivity contribution is 7.18. The number of likely N-dealkylation sites (tertiary alicyclic amines) is 1. The van der Waals surface area contributed by atoms with Gasteiger partial charge in [-0.15, -0.1) is 10.2 Å². The van der Waals surface area contributed by atoms with Gasteiger partial charge in [0.25, 0.3) is 0 Å². The maximum absolute atomic E-state index is 13.0. The second kappa shape index (κ2) is 6.94. The van der Waals surface area contributed by atoms with Crippen LogP contribution in [-0.2, 0) is 9.53 Å². The third-order valence-corrected chi connectivity index (χ3v) is 6.79. The van der Waals surface area contributed by atoms with Crippen molar-refractivity contribution in [3.63, 3.8) is 0 Å². The average molecular weight is 381 g/mol. The Labute approximate surface area is 158 Å². The number of amides is 1. The van der Waals surface area contributed by atoms with Crippen LogP contribution in [0.2, 0.25) is 0 Å². The van der Waals surface area contributed by atoms with E-state index in [1.54, 1.807) is 0 Å². The van der Waals surface area contributed by atoms with Gasteiger partial charge in [0.15, 0.2) is 0 Å². The molecule has 3 fully saturated rings. The molecule has 0 radical (unpaired) electrons. The van der Waals surface area contributed by atoms with Gasteiger partial charge in [-0.1, -0.05) is 11.3 Å². The van der Waals surface area contributed by atoms with Crippen molar-refractivity contribution in [2.75, 3.05) is 70.7 Å². The lowest BCUT2D eigenvalue weighted by Crippen LogP contribution is -2.44. The third kappa shape index (κ3) is 3.27. The minimum Gasteiger partial charge on any atom is -0.381 e. The van der Waals surface area contributed by atoms with Crippen LogP contribution in [0.3, 0.4) is 0 Å². The number of hydrogen-bond donors (Lipinski definition) is 1. The van der Waals surface area contributed by atoms with Gasteiger partial charge >= 0.3 is 0 Å². The summed E-state index contributed by atoms with van der Waals surface area (Å²) in [5, 5.41) is 9.59. The Morgan fingerprint density at radius 3 is 2.73 bits per heavy atom. The molecule has 3 saturated heterocycles. The molecule has 1 amide bonds. The van der Waals surface area contributed by atoms with Crippen molar-refractivity contribution in [1.82, 2.24) is 20.0 Å².